The number of nitro groups is 1. The third-order valence-corrected chi connectivity index (χ3v) is 4.90. The number of carbonyl (C=O) groups is 2. The molecule has 0 radical (unpaired) electrons. The number of thioether (sulfide) groups is 1. The summed E-state index contributed by atoms with van der Waals surface area (Å²) in [6.45, 7) is 3.52. The molecule has 0 bridgehead atoms. The van der Waals surface area contributed by atoms with Crippen LogP contribution in [0.3, 0.4) is 0 Å². The molecule has 0 aromatic heterocycles. The first kappa shape index (κ1) is 19.5. The van der Waals surface area contributed by atoms with Crippen LogP contribution in [0.25, 0.3) is 0 Å². The van der Waals surface area contributed by atoms with E-state index in [1.165, 1.54) is 23.9 Å². The molecule has 2 rings (SSSR count). The molecule has 1 unspecified atom stereocenters. The lowest BCUT2D eigenvalue weighted by Crippen LogP contribution is -2.24. The molecule has 0 heterocycles. The van der Waals surface area contributed by atoms with E-state index in [0.29, 0.717) is 16.8 Å². The average molecular weight is 373 g/mol. The number of non-ortho nitro benzene ring substituents is 1. The third kappa shape index (κ3) is 4.60. The fourth-order valence-electron chi connectivity index (χ4n) is 2.29. The lowest BCUT2D eigenvalue weighted by Gasteiger charge is -2.15. The Morgan fingerprint density at radius 3 is 2.38 bits per heavy atom. The maximum Gasteiger partial charge on any atom is 0.269 e. The second-order valence-electron chi connectivity index (χ2n) is 5.56. The summed E-state index contributed by atoms with van der Waals surface area (Å²) in [4.78, 5) is 35.3. The number of benzene rings is 2. The lowest BCUT2D eigenvalue weighted by molar-refractivity contribution is -0.384. The predicted octanol–water partition coefficient (Wildman–Crippen LogP) is 3.38. The van der Waals surface area contributed by atoms with E-state index in [4.69, 9.17) is 0 Å². The molecule has 0 fully saturated rings. The van der Waals surface area contributed by atoms with Crippen molar-refractivity contribution in [2.24, 2.45) is 0 Å². The molecule has 2 aromatic rings. The van der Waals surface area contributed by atoms with Crippen molar-refractivity contribution in [2.45, 2.75) is 24.0 Å². The van der Waals surface area contributed by atoms with Crippen molar-refractivity contribution < 1.29 is 14.5 Å². The molecule has 7 nitrogen and oxygen atoms in total. The van der Waals surface area contributed by atoms with Crippen LogP contribution in [-0.4, -0.2) is 29.0 Å². The van der Waals surface area contributed by atoms with Gasteiger partial charge in [-0.15, -0.1) is 11.8 Å². The van der Waals surface area contributed by atoms with Crippen LogP contribution >= 0.6 is 11.8 Å². The summed E-state index contributed by atoms with van der Waals surface area (Å²) in [6, 6.07) is 11.2. The van der Waals surface area contributed by atoms with Gasteiger partial charge in [0, 0.05) is 35.3 Å². The first-order valence-electron chi connectivity index (χ1n) is 7.87. The average Bonchev–Trinajstić information content (AvgIpc) is 2.63. The molecule has 1 atom stereocenters. The maximum absolute atomic E-state index is 12.5. The Hall–Kier alpha value is -2.87. The molecule has 0 aliphatic rings. The third-order valence-electron chi connectivity index (χ3n) is 3.79. The van der Waals surface area contributed by atoms with E-state index >= 15 is 0 Å². The highest BCUT2D eigenvalue weighted by Gasteiger charge is 2.18. The van der Waals surface area contributed by atoms with Crippen molar-refractivity contribution in [3.05, 3.63) is 63.7 Å². The summed E-state index contributed by atoms with van der Waals surface area (Å²) in [5, 5.41) is 15.7. The number of nitrogens with one attached hydrogen (secondary N) is 2. The number of hydrogen-bond donors (Lipinski definition) is 2. The van der Waals surface area contributed by atoms with Crippen molar-refractivity contribution in [3.8, 4) is 0 Å². The summed E-state index contributed by atoms with van der Waals surface area (Å²) >= 11 is 1.30. The van der Waals surface area contributed by atoms with Crippen molar-refractivity contribution >= 4 is 35.0 Å². The van der Waals surface area contributed by atoms with Crippen molar-refractivity contribution in [1.82, 2.24) is 5.32 Å². The molecule has 0 saturated heterocycles. The van der Waals surface area contributed by atoms with E-state index in [-0.39, 0.29) is 17.5 Å². The van der Waals surface area contributed by atoms with Gasteiger partial charge in [0.25, 0.3) is 11.6 Å². The minimum Gasteiger partial charge on any atom is -0.355 e. The van der Waals surface area contributed by atoms with E-state index < -0.39 is 10.2 Å². The summed E-state index contributed by atoms with van der Waals surface area (Å²) < 4.78 is 0. The molecule has 26 heavy (non-hydrogen) atoms. The van der Waals surface area contributed by atoms with Gasteiger partial charge in [-0.05, 0) is 43.7 Å². The first-order chi connectivity index (χ1) is 12.3. The SMILES string of the molecule is CNC(=O)c1cccc(NC(=O)C(C)Sc2ccc([N+](=O)[O-])cc2)c1C. The Balaban J connectivity index is 2.07. The molecule has 2 aromatic carbocycles. The number of anilines is 1. The standard InChI is InChI=1S/C18H19N3O4S/c1-11-15(18(23)19-3)5-4-6-16(11)20-17(22)12(2)26-14-9-7-13(8-10-14)21(24)25/h4-10,12H,1-3H3,(H,19,23)(H,20,22). The molecule has 2 amide bonds. The number of amides is 2. The fraction of sp³-hybridized carbons (Fsp3) is 0.222. The van der Waals surface area contributed by atoms with Crippen molar-refractivity contribution in [2.75, 3.05) is 12.4 Å². The van der Waals surface area contributed by atoms with Crippen LogP contribution < -0.4 is 10.6 Å². The minimum absolute atomic E-state index is 0.00750. The van der Waals surface area contributed by atoms with Gasteiger partial charge in [0.1, 0.15) is 0 Å². The van der Waals surface area contributed by atoms with Crippen LogP contribution in [0.2, 0.25) is 0 Å². The van der Waals surface area contributed by atoms with Gasteiger partial charge in [0.15, 0.2) is 0 Å². The Kier molecular flexibility index (Phi) is 6.35. The molecule has 0 spiro atoms. The Morgan fingerprint density at radius 1 is 1.15 bits per heavy atom. The number of nitro benzene ring substituents is 1. The minimum atomic E-state index is -0.465. The smallest absolute Gasteiger partial charge is 0.269 e. The molecule has 136 valence electrons. The van der Waals surface area contributed by atoms with Crippen LogP contribution in [-0.2, 0) is 4.79 Å². The Labute approximate surface area is 155 Å². The van der Waals surface area contributed by atoms with Crippen LogP contribution in [0.15, 0.2) is 47.4 Å². The Bertz CT molecular complexity index is 837. The van der Waals surface area contributed by atoms with Gasteiger partial charge in [-0.3, -0.25) is 19.7 Å². The quantitative estimate of drug-likeness (QED) is 0.459. The molecule has 0 saturated carbocycles. The zero-order chi connectivity index (χ0) is 19.3. The van der Waals surface area contributed by atoms with Crippen LogP contribution in [0.1, 0.15) is 22.8 Å². The van der Waals surface area contributed by atoms with E-state index in [1.54, 1.807) is 51.2 Å². The van der Waals surface area contributed by atoms with Gasteiger partial charge in [0.2, 0.25) is 5.91 Å². The molecule has 2 N–H and O–H groups in total. The van der Waals surface area contributed by atoms with Gasteiger partial charge >= 0.3 is 0 Å². The van der Waals surface area contributed by atoms with Gasteiger partial charge in [-0.2, -0.15) is 0 Å². The predicted molar refractivity (Wildman–Crippen MR) is 102 cm³/mol. The highest BCUT2D eigenvalue weighted by atomic mass is 32.2. The molecular formula is C18H19N3O4S. The molecule has 0 aliphatic heterocycles. The second kappa shape index (κ2) is 8.48. The summed E-state index contributed by atoms with van der Waals surface area (Å²) in [5.41, 5.74) is 1.77. The topological polar surface area (TPSA) is 101 Å². The number of rotatable bonds is 6. The lowest BCUT2D eigenvalue weighted by atomic mass is 10.1. The van der Waals surface area contributed by atoms with Crippen molar-refractivity contribution in [1.29, 1.82) is 0 Å². The van der Waals surface area contributed by atoms with Gasteiger partial charge in [-0.25, -0.2) is 0 Å². The molecular weight excluding hydrogens is 354 g/mol. The first-order valence-corrected chi connectivity index (χ1v) is 8.75. The van der Waals surface area contributed by atoms with Crippen molar-refractivity contribution in [3.63, 3.8) is 0 Å². The zero-order valence-electron chi connectivity index (χ0n) is 14.6. The molecule has 8 heteroatoms. The zero-order valence-corrected chi connectivity index (χ0v) is 15.4. The monoisotopic (exact) mass is 373 g/mol. The number of carbonyl (C=O) groups excluding carboxylic acids is 2. The van der Waals surface area contributed by atoms with E-state index in [0.717, 1.165) is 4.90 Å². The number of hydrogen-bond acceptors (Lipinski definition) is 5. The van der Waals surface area contributed by atoms with Crippen LogP contribution in [0.5, 0.6) is 0 Å². The highest BCUT2D eigenvalue weighted by Crippen LogP contribution is 2.27. The van der Waals surface area contributed by atoms with E-state index in [2.05, 4.69) is 10.6 Å². The van der Waals surface area contributed by atoms with Gasteiger partial charge < -0.3 is 10.6 Å². The summed E-state index contributed by atoms with van der Waals surface area (Å²) in [5.74, 6) is -0.433. The summed E-state index contributed by atoms with van der Waals surface area (Å²) in [6.07, 6.45) is 0. The maximum atomic E-state index is 12.5. The van der Waals surface area contributed by atoms with Gasteiger partial charge in [-0.1, -0.05) is 6.07 Å². The van der Waals surface area contributed by atoms with Crippen LogP contribution in [0, 0.1) is 17.0 Å². The summed E-state index contributed by atoms with van der Waals surface area (Å²) in [7, 11) is 1.55. The van der Waals surface area contributed by atoms with Gasteiger partial charge in [0.05, 0.1) is 10.2 Å². The fourth-order valence-corrected chi connectivity index (χ4v) is 3.16. The highest BCUT2D eigenvalue weighted by molar-refractivity contribution is 8.00. The second-order valence-corrected chi connectivity index (χ2v) is 6.97. The van der Waals surface area contributed by atoms with Crippen LogP contribution in [0.4, 0.5) is 11.4 Å². The van der Waals surface area contributed by atoms with E-state index in [9.17, 15) is 19.7 Å². The largest absolute Gasteiger partial charge is 0.355 e. The normalized spacial score (nSPS) is 11.5. The van der Waals surface area contributed by atoms with E-state index in [1.807, 2.05) is 0 Å². The Morgan fingerprint density at radius 2 is 1.81 bits per heavy atom. The molecule has 0 aliphatic carbocycles. The number of nitrogens with zero attached hydrogens (tertiary/aromatic N) is 1.